The van der Waals surface area contributed by atoms with E-state index in [1.807, 2.05) is 13.8 Å². The number of ketones is 2. The van der Waals surface area contributed by atoms with Crippen LogP contribution in [-0.2, 0) is 9.59 Å². The van der Waals surface area contributed by atoms with Crippen LogP contribution in [0.3, 0.4) is 0 Å². The van der Waals surface area contributed by atoms with Crippen molar-refractivity contribution in [3.8, 4) is 11.5 Å². The monoisotopic (exact) mass is 574 g/mol. The SMILES string of the molecule is CCCCCC(=O)c1cc(Cl)cc(Cl)c1OC(=O)C(=O)Oc1c(Cl)cc(Cl)cc1C(=O)CCCCC. The number of hydrogen-bond donors (Lipinski definition) is 0. The van der Waals surface area contributed by atoms with Gasteiger partial charge >= 0.3 is 11.9 Å². The van der Waals surface area contributed by atoms with Crippen LogP contribution in [0.25, 0.3) is 0 Å². The molecule has 6 nitrogen and oxygen atoms in total. The second-order valence-corrected chi connectivity index (χ2v) is 9.76. The molecule has 194 valence electrons. The van der Waals surface area contributed by atoms with Crippen LogP contribution in [0.2, 0.25) is 20.1 Å². The van der Waals surface area contributed by atoms with Gasteiger partial charge in [0.1, 0.15) is 0 Å². The molecular formula is C26H26Cl4O6. The zero-order valence-electron chi connectivity index (χ0n) is 19.9. The van der Waals surface area contributed by atoms with Gasteiger partial charge in [-0.05, 0) is 37.1 Å². The van der Waals surface area contributed by atoms with E-state index in [0.29, 0.717) is 12.8 Å². The summed E-state index contributed by atoms with van der Waals surface area (Å²) in [5.41, 5.74) is -0.0536. The van der Waals surface area contributed by atoms with Gasteiger partial charge in [0, 0.05) is 22.9 Å². The summed E-state index contributed by atoms with van der Waals surface area (Å²) < 4.78 is 10.3. The van der Waals surface area contributed by atoms with Crippen LogP contribution < -0.4 is 9.47 Å². The minimum atomic E-state index is -1.46. The predicted octanol–water partition coefficient (Wildman–Crippen LogP) is 8.34. The van der Waals surface area contributed by atoms with Crippen molar-refractivity contribution in [1.29, 1.82) is 0 Å². The molecule has 0 aliphatic rings. The third-order valence-electron chi connectivity index (χ3n) is 5.19. The lowest BCUT2D eigenvalue weighted by atomic mass is 10.0. The number of halogens is 4. The van der Waals surface area contributed by atoms with Crippen LogP contribution in [0.1, 0.15) is 85.9 Å². The largest absolute Gasteiger partial charge is 0.423 e. The van der Waals surface area contributed by atoms with Gasteiger partial charge in [0.05, 0.1) is 21.2 Å². The second-order valence-electron chi connectivity index (χ2n) is 8.07. The molecule has 0 saturated heterocycles. The highest BCUT2D eigenvalue weighted by atomic mass is 35.5. The molecule has 2 rings (SSSR count). The molecule has 0 aliphatic heterocycles. The third kappa shape index (κ3) is 8.48. The minimum absolute atomic E-state index is 0.0268. The van der Waals surface area contributed by atoms with E-state index >= 15 is 0 Å². The molecule has 0 aromatic heterocycles. The van der Waals surface area contributed by atoms with Gasteiger partial charge < -0.3 is 9.47 Å². The summed E-state index contributed by atoms with van der Waals surface area (Å²) in [7, 11) is 0. The van der Waals surface area contributed by atoms with Crippen LogP contribution in [0, 0.1) is 0 Å². The molecule has 0 radical (unpaired) electrons. The van der Waals surface area contributed by atoms with E-state index in [1.165, 1.54) is 24.3 Å². The van der Waals surface area contributed by atoms with Gasteiger partial charge in [0.25, 0.3) is 0 Å². The molecule has 0 fully saturated rings. The van der Waals surface area contributed by atoms with E-state index in [9.17, 15) is 19.2 Å². The van der Waals surface area contributed by atoms with Gasteiger partial charge in [-0.25, -0.2) is 9.59 Å². The van der Waals surface area contributed by atoms with Crippen molar-refractivity contribution in [3.63, 3.8) is 0 Å². The highest BCUT2D eigenvalue weighted by molar-refractivity contribution is 6.38. The maximum absolute atomic E-state index is 12.7. The third-order valence-corrected chi connectivity index (χ3v) is 6.19. The number of unbranched alkanes of at least 4 members (excludes halogenated alkanes) is 4. The van der Waals surface area contributed by atoms with E-state index < -0.39 is 11.9 Å². The van der Waals surface area contributed by atoms with E-state index in [-0.39, 0.29) is 67.1 Å². The number of esters is 2. The van der Waals surface area contributed by atoms with Gasteiger partial charge in [-0.2, -0.15) is 0 Å². The number of hydrogen-bond acceptors (Lipinski definition) is 6. The molecule has 10 heteroatoms. The van der Waals surface area contributed by atoms with Gasteiger partial charge in [-0.15, -0.1) is 0 Å². The van der Waals surface area contributed by atoms with Gasteiger partial charge in [0.15, 0.2) is 23.1 Å². The molecule has 0 amide bonds. The first-order valence-electron chi connectivity index (χ1n) is 11.6. The summed E-state index contributed by atoms with van der Waals surface area (Å²) in [5.74, 6) is -4.21. The smallest absolute Gasteiger partial charge is 0.416 e. The molecule has 0 heterocycles. The molecule has 2 aromatic rings. The van der Waals surface area contributed by atoms with Crippen molar-refractivity contribution in [2.24, 2.45) is 0 Å². The van der Waals surface area contributed by atoms with Crippen LogP contribution >= 0.6 is 46.4 Å². The fraction of sp³-hybridized carbons (Fsp3) is 0.385. The number of benzene rings is 2. The fourth-order valence-electron chi connectivity index (χ4n) is 3.35. The zero-order chi connectivity index (χ0) is 26.8. The van der Waals surface area contributed by atoms with Crippen LogP contribution in [0.15, 0.2) is 24.3 Å². The summed E-state index contributed by atoms with van der Waals surface area (Å²) in [4.78, 5) is 50.6. The molecule has 0 N–H and O–H groups in total. The average Bonchev–Trinajstić information content (AvgIpc) is 2.81. The summed E-state index contributed by atoms with van der Waals surface area (Å²) in [5, 5.41) is 0.0818. The van der Waals surface area contributed by atoms with Crippen molar-refractivity contribution >= 4 is 69.9 Å². The van der Waals surface area contributed by atoms with Crippen molar-refractivity contribution in [2.45, 2.75) is 65.2 Å². The zero-order valence-corrected chi connectivity index (χ0v) is 23.0. The molecule has 2 aromatic carbocycles. The van der Waals surface area contributed by atoms with E-state index in [0.717, 1.165) is 25.7 Å². The van der Waals surface area contributed by atoms with Crippen molar-refractivity contribution < 1.29 is 28.7 Å². The summed E-state index contributed by atoms with van der Waals surface area (Å²) in [6, 6.07) is 5.20. The Morgan fingerprint density at radius 1 is 0.611 bits per heavy atom. The molecule has 0 bridgehead atoms. The van der Waals surface area contributed by atoms with Crippen LogP contribution in [0.5, 0.6) is 11.5 Å². The maximum atomic E-state index is 12.7. The molecule has 0 unspecified atom stereocenters. The van der Waals surface area contributed by atoms with Crippen molar-refractivity contribution in [1.82, 2.24) is 0 Å². The summed E-state index contributed by atoms with van der Waals surface area (Å²) >= 11 is 24.4. The number of Topliss-reactive ketones (excluding diaryl/α,β-unsaturated/α-hetero) is 2. The molecule has 0 spiro atoms. The van der Waals surface area contributed by atoms with Gasteiger partial charge in [-0.3, -0.25) is 9.59 Å². The van der Waals surface area contributed by atoms with Crippen LogP contribution in [-0.4, -0.2) is 23.5 Å². The second kappa shape index (κ2) is 14.6. The Morgan fingerprint density at radius 2 is 0.972 bits per heavy atom. The number of carbonyl (C=O) groups is 4. The number of ether oxygens (including phenoxy) is 2. The first kappa shape index (κ1) is 30.1. The number of carbonyl (C=O) groups excluding carboxylic acids is 4. The van der Waals surface area contributed by atoms with Gasteiger partial charge in [-0.1, -0.05) is 85.9 Å². The van der Waals surface area contributed by atoms with Crippen molar-refractivity contribution in [2.75, 3.05) is 0 Å². The Kier molecular flexibility index (Phi) is 12.2. The molecule has 0 saturated carbocycles. The van der Waals surface area contributed by atoms with Crippen LogP contribution in [0.4, 0.5) is 0 Å². The lowest BCUT2D eigenvalue weighted by Gasteiger charge is -2.13. The lowest BCUT2D eigenvalue weighted by Crippen LogP contribution is -2.27. The minimum Gasteiger partial charge on any atom is -0.416 e. The average molecular weight is 576 g/mol. The topological polar surface area (TPSA) is 86.7 Å². The first-order valence-corrected chi connectivity index (χ1v) is 13.1. The molecule has 0 aliphatic carbocycles. The Hall–Kier alpha value is -2.12. The Bertz CT molecular complexity index is 1060. The first-order chi connectivity index (χ1) is 17.1. The fourth-order valence-corrected chi connectivity index (χ4v) is 4.42. The molecule has 0 atom stereocenters. The van der Waals surface area contributed by atoms with Gasteiger partial charge in [0.2, 0.25) is 0 Å². The van der Waals surface area contributed by atoms with E-state index in [2.05, 4.69) is 0 Å². The normalized spacial score (nSPS) is 10.7. The maximum Gasteiger partial charge on any atom is 0.423 e. The summed E-state index contributed by atoms with van der Waals surface area (Å²) in [6.45, 7) is 3.99. The van der Waals surface area contributed by atoms with Crippen molar-refractivity contribution in [3.05, 3.63) is 55.5 Å². The standard InChI is InChI=1S/C26H26Cl4O6/c1-3-5-7-9-21(31)17-11-15(27)13-19(29)23(17)35-25(33)26(34)36-24-18(12-16(28)14-20(24)30)22(32)10-8-6-4-2/h11-14H,3-10H2,1-2H3. The molecule has 36 heavy (non-hydrogen) atoms. The van der Waals surface area contributed by atoms with E-state index in [1.54, 1.807) is 0 Å². The Labute approximate surface area is 230 Å². The lowest BCUT2D eigenvalue weighted by molar-refractivity contribution is -0.156. The quantitative estimate of drug-likeness (QED) is 0.0830. The highest BCUT2D eigenvalue weighted by Gasteiger charge is 2.28. The Morgan fingerprint density at radius 3 is 1.31 bits per heavy atom. The molecular weight excluding hydrogens is 550 g/mol. The summed E-state index contributed by atoms with van der Waals surface area (Å²) in [6.07, 6.45) is 5.11. The highest BCUT2D eigenvalue weighted by Crippen LogP contribution is 2.36. The predicted molar refractivity (Wildman–Crippen MR) is 141 cm³/mol. The number of rotatable bonds is 12. The van der Waals surface area contributed by atoms with E-state index in [4.69, 9.17) is 55.9 Å². The Balaban J connectivity index is 2.27.